The molecule has 0 saturated carbocycles. The number of ether oxygens (including phenoxy) is 2. The van der Waals surface area contributed by atoms with Crippen LogP contribution in [0.2, 0.25) is 0 Å². The molecule has 0 spiro atoms. The second-order valence-electron chi connectivity index (χ2n) is 7.15. The number of pyridine rings is 1. The predicted octanol–water partition coefficient (Wildman–Crippen LogP) is 2.57. The Kier molecular flexibility index (Phi) is 5.34. The molecule has 2 aromatic rings. The van der Waals surface area contributed by atoms with Gasteiger partial charge < -0.3 is 14.8 Å². The van der Waals surface area contributed by atoms with E-state index >= 15 is 0 Å². The fourth-order valence-corrected chi connectivity index (χ4v) is 3.89. The lowest BCUT2D eigenvalue weighted by molar-refractivity contribution is -0.124. The number of esters is 1. The third kappa shape index (κ3) is 3.95. The van der Waals surface area contributed by atoms with Gasteiger partial charge in [-0.05, 0) is 50.2 Å². The van der Waals surface area contributed by atoms with Crippen molar-refractivity contribution in [3.8, 4) is 0 Å². The normalized spacial score (nSPS) is 18.9. The minimum Gasteiger partial charge on any atom is -0.452 e. The number of aryl methyl sites for hydroxylation is 1. The predicted molar refractivity (Wildman–Crippen MR) is 101 cm³/mol. The van der Waals surface area contributed by atoms with Gasteiger partial charge in [0.25, 0.3) is 5.91 Å². The summed E-state index contributed by atoms with van der Waals surface area (Å²) in [4.78, 5) is 29.6. The zero-order valence-electron chi connectivity index (χ0n) is 15.3. The summed E-state index contributed by atoms with van der Waals surface area (Å²) in [6.07, 6.45) is 5.87. The number of amides is 1. The van der Waals surface area contributed by atoms with Gasteiger partial charge in [-0.2, -0.15) is 0 Å². The van der Waals surface area contributed by atoms with Gasteiger partial charge in [0.15, 0.2) is 6.61 Å². The second kappa shape index (κ2) is 8.05. The SMILES string of the molecule is O=C(COC(=O)c1c2c(nc3ccccc13)CCCC2)NC[C@H]1CCCO1. The molecule has 0 bridgehead atoms. The third-order valence-electron chi connectivity index (χ3n) is 5.26. The van der Waals surface area contributed by atoms with E-state index in [0.717, 1.165) is 67.3 Å². The van der Waals surface area contributed by atoms with Gasteiger partial charge in [-0.1, -0.05) is 18.2 Å². The Morgan fingerprint density at radius 3 is 2.89 bits per heavy atom. The molecule has 2 heterocycles. The molecule has 1 aliphatic heterocycles. The maximum Gasteiger partial charge on any atom is 0.339 e. The summed E-state index contributed by atoms with van der Waals surface area (Å²) < 4.78 is 10.8. The van der Waals surface area contributed by atoms with Crippen LogP contribution in [0.1, 0.15) is 47.3 Å². The van der Waals surface area contributed by atoms with Crippen LogP contribution in [0.25, 0.3) is 10.9 Å². The molecule has 1 aliphatic carbocycles. The van der Waals surface area contributed by atoms with E-state index in [1.807, 2.05) is 24.3 Å². The van der Waals surface area contributed by atoms with Gasteiger partial charge >= 0.3 is 5.97 Å². The molecule has 1 amide bonds. The van der Waals surface area contributed by atoms with Crippen molar-refractivity contribution in [2.75, 3.05) is 19.8 Å². The molecule has 1 aromatic heterocycles. The first-order valence-electron chi connectivity index (χ1n) is 9.68. The highest BCUT2D eigenvalue weighted by Crippen LogP contribution is 2.29. The Labute approximate surface area is 158 Å². The number of nitrogens with zero attached hydrogens (tertiary/aromatic N) is 1. The summed E-state index contributed by atoms with van der Waals surface area (Å²) in [5.41, 5.74) is 3.33. The van der Waals surface area contributed by atoms with Crippen LogP contribution in [-0.2, 0) is 27.1 Å². The van der Waals surface area contributed by atoms with E-state index in [1.165, 1.54) is 0 Å². The van der Waals surface area contributed by atoms with Crippen LogP contribution in [0.4, 0.5) is 0 Å². The van der Waals surface area contributed by atoms with Crippen molar-refractivity contribution in [1.82, 2.24) is 10.3 Å². The number of rotatable bonds is 5. The van der Waals surface area contributed by atoms with Crippen molar-refractivity contribution in [3.05, 3.63) is 41.1 Å². The van der Waals surface area contributed by atoms with Crippen LogP contribution in [0.3, 0.4) is 0 Å². The van der Waals surface area contributed by atoms with E-state index in [2.05, 4.69) is 5.32 Å². The first-order valence-corrected chi connectivity index (χ1v) is 9.68. The maximum absolute atomic E-state index is 12.8. The van der Waals surface area contributed by atoms with Gasteiger partial charge in [0.05, 0.1) is 17.2 Å². The largest absolute Gasteiger partial charge is 0.452 e. The fourth-order valence-electron chi connectivity index (χ4n) is 3.89. The van der Waals surface area contributed by atoms with Crippen molar-refractivity contribution in [3.63, 3.8) is 0 Å². The molecular weight excluding hydrogens is 344 g/mol. The smallest absolute Gasteiger partial charge is 0.339 e. The van der Waals surface area contributed by atoms with E-state index in [0.29, 0.717) is 12.1 Å². The zero-order valence-corrected chi connectivity index (χ0v) is 15.3. The molecule has 1 saturated heterocycles. The highest BCUT2D eigenvalue weighted by atomic mass is 16.5. The van der Waals surface area contributed by atoms with Crippen molar-refractivity contribution in [2.24, 2.45) is 0 Å². The molecule has 1 aromatic carbocycles. The lowest BCUT2D eigenvalue weighted by Gasteiger charge is -2.20. The lowest BCUT2D eigenvalue weighted by Crippen LogP contribution is -2.35. The molecular formula is C21H24N2O4. The molecule has 0 radical (unpaired) electrons. The lowest BCUT2D eigenvalue weighted by atomic mass is 9.90. The van der Waals surface area contributed by atoms with E-state index < -0.39 is 5.97 Å². The summed E-state index contributed by atoms with van der Waals surface area (Å²) in [5, 5.41) is 3.57. The molecule has 1 N–H and O–H groups in total. The standard InChI is InChI=1S/C21H24N2O4/c24-19(22-12-14-6-5-11-26-14)13-27-21(25)20-15-7-1-3-9-17(15)23-18-10-4-2-8-16(18)20/h1,3,7,9,14H,2,4-6,8,10-13H2,(H,22,24)/t14-/m1/s1. The Bertz CT molecular complexity index is 859. The van der Waals surface area contributed by atoms with Crippen molar-refractivity contribution in [1.29, 1.82) is 0 Å². The summed E-state index contributed by atoms with van der Waals surface area (Å²) in [5.74, 6) is -0.745. The average Bonchev–Trinajstić information content (AvgIpc) is 3.22. The van der Waals surface area contributed by atoms with E-state index in [-0.39, 0.29) is 18.6 Å². The highest BCUT2D eigenvalue weighted by molar-refractivity contribution is 6.05. The molecule has 1 atom stereocenters. The molecule has 142 valence electrons. The van der Waals surface area contributed by atoms with Crippen LogP contribution in [0.5, 0.6) is 0 Å². The van der Waals surface area contributed by atoms with Gasteiger partial charge in [-0.3, -0.25) is 9.78 Å². The maximum atomic E-state index is 12.8. The number of nitrogens with one attached hydrogen (secondary N) is 1. The van der Waals surface area contributed by atoms with Crippen LogP contribution >= 0.6 is 0 Å². The Morgan fingerprint density at radius 2 is 2.04 bits per heavy atom. The van der Waals surface area contributed by atoms with Gasteiger partial charge in [0.1, 0.15) is 0 Å². The summed E-state index contributed by atoms with van der Waals surface area (Å²) in [6.45, 7) is 0.927. The van der Waals surface area contributed by atoms with Crippen LogP contribution < -0.4 is 5.32 Å². The van der Waals surface area contributed by atoms with E-state index in [4.69, 9.17) is 14.5 Å². The van der Waals surface area contributed by atoms with Gasteiger partial charge in [0, 0.05) is 24.2 Å². The number of fused-ring (bicyclic) bond motifs is 2. The summed E-state index contributed by atoms with van der Waals surface area (Å²) in [6, 6.07) is 7.61. The first-order chi connectivity index (χ1) is 13.2. The molecule has 1 fully saturated rings. The Hall–Kier alpha value is -2.47. The molecule has 4 rings (SSSR count). The number of hydrogen-bond donors (Lipinski definition) is 1. The summed E-state index contributed by atoms with van der Waals surface area (Å²) in [7, 11) is 0. The number of para-hydroxylation sites is 1. The highest BCUT2D eigenvalue weighted by Gasteiger charge is 2.24. The topological polar surface area (TPSA) is 77.5 Å². The number of aromatic nitrogens is 1. The molecule has 6 heteroatoms. The molecule has 0 unspecified atom stereocenters. The number of benzene rings is 1. The molecule has 2 aliphatic rings. The number of carbonyl (C=O) groups excluding carboxylic acids is 2. The zero-order chi connectivity index (χ0) is 18.6. The van der Waals surface area contributed by atoms with Crippen LogP contribution in [0, 0.1) is 0 Å². The van der Waals surface area contributed by atoms with Gasteiger partial charge in [-0.25, -0.2) is 4.79 Å². The average molecular weight is 368 g/mol. The van der Waals surface area contributed by atoms with Crippen LogP contribution in [0.15, 0.2) is 24.3 Å². The third-order valence-corrected chi connectivity index (χ3v) is 5.26. The fraction of sp³-hybridized carbons (Fsp3) is 0.476. The van der Waals surface area contributed by atoms with E-state index in [9.17, 15) is 9.59 Å². The van der Waals surface area contributed by atoms with Crippen molar-refractivity contribution in [2.45, 2.75) is 44.6 Å². The van der Waals surface area contributed by atoms with E-state index in [1.54, 1.807) is 0 Å². The number of carbonyl (C=O) groups is 2. The number of hydrogen-bond acceptors (Lipinski definition) is 5. The Morgan fingerprint density at radius 1 is 1.19 bits per heavy atom. The first kappa shape index (κ1) is 17.9. The second-order valence-corrected chi connectivity index (χ2v) is 7.15. The van der Waals surface area contributed by atoms with Crippen molar-refractivity contribution >= 4 is 22.8 Å². The van der Waals surface area contributed by atoms with Crippen molar-refractivity contribution < 1.29 is 19.1 Å². The van der Waals surface area contributed by atoms with Crippen LogP contribution in [-0.4, -0.2) is 42.7 Å². The Balaban J connectivity index is 1.48. The minimum atomic E-state index is -0.445. The monoisotopic (exact) mass is 368 g/mol. The minimum absolute atomic E-state index is 0.0702. The van der Waals surface area contributed by atoms with Gasteiger partial charge in [-0.15, -0.1) is 0 Å². The molecule has 27 heavy (non-hydrogen) atoms. The quantitative estimate of drug-likeness (QED) is 0.821. The van der Waals surface area contributed by atoms with Gasteiger partial charge in [0.2, 0.25) is 0 Å². The summed E-state index contributed by atoms with van der Waals surface area (Å²) >= 11 is 0. The molecule has 6 nitrogen and oxygen atoms in total.